The number of aromatic nitrogens is 1. The van der Waals surface area contributed by atoms with Crippen LogP contribution in [0.15, 0.2) is 36.5 Å². The van der Waals surface area contributed by atoms with Crippen LogP contribution in [0.5, 0.6) is 0 Å². The molecule has 2 rings (SSSR count). The Balaban J connectivity index is 1.92. The molecule has 0 aliphatic rings. The quantitative estimate of drug-likeness (QED) is 0.878. The maximum atomic E-state index is 12.7. The van der Waals surface area contributed by atoms with Crippen molar-refractivity contribution in [1.82, 2.24) is 10.3 Å². The molecule has 1 aromatic heterocycles. The van der Waals surface area contributed by atoms with Crippen molar-refractivity contribution in [3.8, 4) is 0 Å². The predicted molar refractivity (Wildman–Crippen MR) is 76.7 cm³/mol. The average Bonchev–Trinajstić information content (AvgIpc) is 2.43. The second-order valence-electron chi connectivity index (χ2n) is 4.12. The number of nitrogens with zero attached hydrogens (tertiary/aromatic N) is 1. The van der Waals surface area contributed by atoms with E-state index in [9.17, 15) is 9.18 Å². The second-order valence-corrected chi connectivity index (χ2v) is 4.91. The number of rotatable bonds is 4. The molecule has 3 nitrogen and oxygen atoms in total. The maximum Gasteiger partial charge on any atom is 0.252 e. The van der Waals surface area contributed by atoms with Gasteiger partial charge in [0.15, 0.2) is 0 Å². The smallest absolute Gasteiger partial charge is 0.252 e. The summed E-state index contributed by atoms with van der Waals surface area (Å²) in [7, 11) is 0. The molecule has 0 aliphatic carbocycles. The summed E-state index contributed by atoms with van der Waals surface area (Å²) in [6, 6.07) is 7.54. The first-order valence-corrected chi connectivity index (χ1v) is 6.65. The summed E-state index contributed by atoms with van der Waals surface area (Å²) >= 11 is 11.6. The minimum absolute atomic E-state index is 0.207. The first-order valence-electron chi connectivity index (χ1n) is 5.90. The summed E-state index contributed by atoms with van der Waals surface area (Å²) in [6.45, 7) is 0.417. The highest BCUT2D eigenvalue weighted by Gasteiger charge is 2.11. The molecule has 0 bridgehead atoms. The van der Waals surface area contributed by atoms with Gasteiger partial charge >= 0.3 is 0 Å². The van der Waals surface area contributed by atoms with Gasteiger partial charge in [0.1, 0.15) is 11.0 Å². The molecule has 0 radical (unpaired) electrons. The lowest BCUT2D eigenvalue weighted by Crippen LogP contribution is -2.26. The van der Waals surface area contributed by atoms with Crippen LogP contribution in [0.1, 0.15) is 15.9 Å². The van der Waals surface area contributed by atoms with Crippen molar-refractivity contribution >= 4 is 29.1 Å². The van der Waals surface area contributed by atoms with Crippen LogP contribution in [0, 0.1) is 5.82 Å². The van der Waals surface area contributed by atoms with Gasteiger partial charge in [-0.25, -0.2) is 9.37 Å². The topological polar surface area (TPSA) is 42.0 Å². The van der Waals surface area contributed by atoms with Crippen LogP contribution in [0.3, 0.4) is 0 Å². The summed E-state index contributed by atoms with van der Waals surface area (Å²) in [5, 5.41) is 3.18. The van der Waals surface area contributed by atoms with E-state index in [1.807, 2.05) is 0 Å². The molecule has 1 N–H and O–H groups in total. The van der Waals surface area contributed by atoms with Gasteiger partial charge in [-0.1, -0.05) is 35.3 Å². The number of hydrogen-bond acceptors (Lipinski definition) is 2. The third kappa shape index (κ3) is 3.92. The molecule has 0 fully saturated rings. The zero-order valence-corrected chi connectivity index (χ0v) is 11.9. The molecule has 0 spiro atoms. The molecule has 0 aliphatic heterocycles. The van der Waals surface area contributed by atoms with E-state index in [4.69, 9.17) is 23.2 Å². The van der Waals surface area contributed by atoms with E-state index in [2.05, 4.69) is 10.3 Å². The Labute approximate surface area is 125 Å². The van der Waals surface area contributed by atoms with Crippen LogP contribution in [0.2, 0.25) is 10.2 Å². The third-order valence-corrected chi connectivity index (χ3v) is 3.19. The van der Waals surface area contributed by atoms with Gasteiger partial charge in [-0.2, -0.15) is 0 Å². The number of amides is 1. The number of hydrogen-bond donors (Lipinski definition) is 1. The molecule has 104 valence electrons. The highest BCUT2D eigenvalue weighted by atomic mass is 35.5. The lowest BCUT2D eigenvalue weighted by atomic mass is 10.1. The largest absolute Gasteiger partial charge is 0.352 e. The number of pyridine rings is 1. The molecule has 0 unspecified atom stereocenters. The van der Waals surface area contributed by atoms with E-state index in [1.165, 1.54) is 24.4 Å². The minimum Gasteiger partial charge on any atom is -0.352 e. The number of halogens is 3. The van der Waals surface area contributed by atoms with Gasteiger partial charge in [-0.05, 0) is 30.2 Å². The highest BCUT2D eigenvalue weighted by Crippen LogP contribution is 2.17. The van der Waals surface area contributed by atoms with Gasteiger partial charge < -0.3 is 5.32 Å². The fourth-order valence-electron chi connectivity index (χ4n) is 1.65. The van der Waals surface area contributed by atoms with E-state index in [1.54, 1.807) is 12.1 Å². The van der Waals surface area contributed by atoms with Crippen LogP contribution in [-0.4, -0.2) is 17.4 Å². The molecular weight excluding hydrogens is 302 g/mol. The molecule has 1 heterocycles. The van der Waals surface area contributed by atoms with E-state index in [0.717, 1.165) is 5.56 Å². The Morgan fingerprint density at radius 2 is 1.95 bits per heavy atom. The molecule has 20 heavy (non-hydrogen) atoms. The normalized spacial score (nSPS) is 10.3. The van der Waals surface area contributed by atoms with Crippen LogP contribution in [0.4, 0.5) is 4.39 Å². The van der Waals surface area contributed by atoms with Gasteiger partial charge in [0.25, 0.3) is 5.91 Å². The van der Waals surface area contributed by atoms with Crippen molar-refractivity contribution in [2.24, 2.45) is 0 Å². The maximum absolute atomic E-state index is 12.7. The molecule has 1 amide bonds. The summed E-state index contributed by atoms with van der Waals surface area (Å²) < 4.78 is 12.7. The van der Waals surface area contributed by atoms with Crippen LogP contribution >= 0.6 is 23.2 Å². The molecule has 2 aromatic rings. The first kappa shape index (κ1) is 14.8. The Bertz CT molecular complexity index is 617. The monoisotopic (exact) mass is 312 g/mol. The number of benzene rings is 1. The van der Waals surface area contributed by atoms with Gasteiger partial charge in [-0.3, -0.25) is 4.79 Å². The summed E-state index contributed by atoms with van der Waals surface area (Å²) in [4.78, 5) is 15.7. The fraction of sp³-hybridized carbons (Fsp3) is 0.143. The molecular formula is C14H11Cl2FN2O. The zero-order valence-electron chi connectivity index (χ0n) is 10.4. The van der Waals surface area contributed by atoms with Crippen molar-refractivity contribution < 1.29 is 9.18 Å². The van der Waals surface area contributed by atoms with E-state index < -0.39 is 0 Å². The third-order valence-electron chi connectivity index (χ3n) is 2.68. The summed E-state index contributed by atoms with van der Waals surface area (Å²) in [5.74, 6) is -0.600. The van der Waals surface area contributed by atoms with Crippen LogP contribution < -0.4 is 5.32 Å². The van der Waals surface area contributed by atoms with Crippen molar-refractivity contribution in [2.45, 2.75) is 6.42 Å². The summed E-state index contributed by atoms with van der Waals surface area (Å²) in [6.07, 6.45) is 1.93. The van der Waals surface area contributed by atoms with Crippen molar-refractivity contribution in [1.29, 1.82) is 0 Å². The van der Waals surface area contributed by atoms with Crippen molar-refractivity contribution in [3.63, 3.8) is 0 Å². The van der Waals surface area contributed by atoms with E-state index >= 15 is 0 Å². The molecule has 1 aromatic carbocycles. The van der Waals surface area contributed by atoms with Gasteiger partial charge in [0, 0.05) is 12.7 Å². The Hall–Kier alpha value is -1.65. The van der Waals surface area contributed by atoms with Gasteiger partial charge in [-0.15, -0.1) is 0 Å². The Morgan fingerprint density at radius 1 is 1.25 bits per heavy atom. The Kier molecular flexibility index (Phi) is 4.93. The SMILES string of the molecule is O=C(NCCc1ccc(F)cc1)c1cc(Cl)ncc1Cl. The van der Waals surface area contributed by atoms with Crippen molar-refractivity contribution in [2.75, 3.05) is 6.54 Å². The standard InChI is InChI=1S/C14H11Cl2FN2O/c15-12-8-19-13(16)7-11(12)14(20)18-6-5-9-1-3-10(17)4-2-9/h1-4,7-8H,5-6H2,(H,18,20). The number of carbonyl (C=O) groups excluding carboxylic acids is 1. The fourth-order valence-corrected chi connectivity index (χ4v) is 2.00. The molecule has 6 heteroatoms. The van der Waals surface area contributed by atoms with E-state index in [0.29, 0.717) is 13.0 Å². The summed E-state index contributed by atoms with van der Waals surface area (Å²) in [5.41, 5.74) is 1.22. The molecule has 0 saturated heterocycles. The minimum atomic E-state index is -0.318. The van der Waals surface area contributed by atoms with Gasteiger partial charge in [0.2, 0.25) is 0 Å². The average molecular weight is 313 g/mol. The molecule has 0 atom stereocenters. The lowest BCUT2D eigenvalue weighted by molar-refractivity contribution is 0.0954. The predicted octanol–water partition coefficient (Wildman–Crippen LogP) is 3.50. The first-order chi connectivity index (χ1) is 9.56. The number of nitrogens with one attached hydrogen (secondary N) is 1. The van der Waals surface area contributed by atoms with E-state index in [-0.39, 0.29) is 27.5 Å². The molecule has 0 saturated carbocycles. The highest BCUT2D eigenvalue weighted by molar-refractivity contribution is 6.35. The van der Waals surface area contributed by atoms with Crippen LogP contribution in [-0.2, 0) is 6.42 Å². The lowest BCUT2D eigenvalue weighted by Gasteiger charge is -2.07. The Morgan fingerprint density at radius 3 is 2.65 bits per heavy atom. The number of carbonyl (C=O) groups is 1. The zero-order chi connectivity index (χ0) is 14.5. The van der Waals surface area contributed by atoms with Gasteiger partial charge in [0.05, 0.1) is 10.6 Å². The second kappa shape index (κ2) is 6.68. The van der Waals surface area contributed by atoms with Crippen molar-refractivity contribution in [3.05, 3.63) is 63.6 Å². The van der Waals surface area contributed by atoms with Crippen LogP contribution in [0.25, 0.3) is 0 Å².